The Bertz CT molecular complexity index is 1020. The highest BCUT2D eigenvalue weighted by Gasteiger charge is 2.32. The van der Waals surface area contributed by atoms with Crippen LogP contribution in [0.25, 0.3) is 5.69 Å². The van der Waals surface area contributed by atoms with Crippen molar-refractivity contribution in [1.82, 2.24) is 9.47 Å². The summed E-state index contributed by atoms with van der Waals surface area (Å²) in [5.74, 6) is 0.479. The molecule has 30 heavy (non-hydrogen) atoms. The summed E-state index contributed by atoms with van der Waals surface area (Å²) in [5, 5.41) is 10.5. The number of hydrogen-bond acceptors (Lipinski definition) is 4. The van der Waals surface area contributed by atoms with Gasteiger partial charge >= 0.3 is 0 Å². The second-order valence-corrected chi connectivity index (χ2v) is 7.95. The molecule has 0 saturated carbocycles. The molecule has 0 bridgehead atoms. The van der Waals surface area contributed by atoms with Crippen molar-refractivity contribution in [2.24, 2.45) is 0 Å². The second kappa shape index (κ2) is 8.50. The topological polar surface area (TPSA) is 67.8 Å². The van der Waals surface area contributed by atoms with E-state index in [0.717, 1.165) is 17.1 Å². The number of aliphatic hydroxyl groups is 1. The lowest BCUT2D eigenvalue weighted by Gasteiger charge is -2.36. The first-order valence-electron chi connectivity index (χ1n) is 10.3. The Labute approximate surface area is 176 Å². The van der Waals surface area contributed by atoms with Crippen LogP contribution in [0.1, 0.15) is 45.6 Å². The quantitative estimate of drug-likeness (QED) is 0.694. The van der Waals surface area contributed by atoms with E-state index in [1.54, 1.807) is 18.4 Å². The molecule has 1 N–H and O–H groups in total. The highest BCUT2D eigenvalue weighted by Crippen LogP contribution is 2.27. The number of benzene rings is 1. The van der Waals surface area contributed by atoms with Gasteiger partial charge in [-0.3, -0.25) is 4.79 Å². The zero-order valence-electron chi connectivity index (χ0n) is 17.7. The number of aromatic nitrogens is 1. The van der Waals surface area contributed by atoms with Crippen molar-refractivity contribution in [3.05, 3.63) is 77.0 Å². The average molecular weight is 408 g/mol. The maximum atomic E-state index is 13.5. The van der Waals surface area contributed by atoms with Gasteiger partial charge in [0.2, 0.25) is 0 Å². The van der Waals surface area contributed by atoms with E-state index in [1.165, 1.54) is 5.56 Å². The molecule has 1 aliphatic rings. The van der Waals surface area contributed by atoms with Crippen molar-refractivity contribution in [1.29, 1.82) is 0 Å². The van der Waals surface area contributed by atoms with E-state index in [9.17, 15) is 9.90 Å². The van der Waals surface area contributed by atoms with E-state index in [1.807, 2.05) is 30.9 Å². The van der Waals surface area contributed by atoms with Crippen molar-refractivity contribution >= 4 is 5.91 Å². The minimum Gasteiger partial charge on any atom is -0.467 e. The predicted octanol–water partition coefficient (Wildman–Crippen LogP) is 3.96. The summed E-state index contributed by atoms with van der Waals surface area (Å²) in [7, 11) is 0. The van der Waals surface area contributed by atoms with Crippen LogP contribution in [0.5, 0.6) is 0 Å². The number of furan rings is 1. The van der Waals surface area contributed by atoms with Gasteiger partial charge in [-0.15, -0.1) is 0 Å². The number of aliphatic hydroxyl groups excluding tert-OH is 1. The molecule has 4 rings (SSSR count). The Kier molecular flexibility index (Phi) is 5.79. The van der Waals surface area contributed by atoms with Crippen LogP contribution in [0.4, 0.5) is 0 Å². The summed E-state index contributed by atoms with van der Waals surface area (Å²) in [6.45, 7) is 7.46. The summed E-state index contributed by atoms with van der Waals surface area (Å²) < 4.78 is 13.1. The molecule has 3 aromatic rings. The van der Waals surface area contributed by atoms with Crippen LogP contribution < -0.4 is 0 Å². The molecule has 1 fully saturated rings. The van der Waals surface area contributed by atoms with Crippen molar-refractivity contribution in [2.45, 2.75) is 39.3 Å². The molecule has 0 radical (unpaired) electrons. The summed E-state index contributed by atoms with van der Waals surface area (Å²) in [5.41, 5.74) is 4.85. The fourth-order valence-electron chi connectivity index (χ4n) is 4.27. The Morgan fingerprint density at radius 1 is 1.20 bits per heavy atom. The molecule has 3 heterocycles. The molecule has 2 atom stereocenters. The molecule has 2 aromatic heterocycles. The van der Waals surface area contributed by atoms with Crippen molar-refractivity contribution in [2.75, 3.05) is 19.8 Å². The predicted molar refractivity (Wildman–Crippen MR) is 114 cm³/mol. The third-order valence-electron chi connectivity index (χ3n) is 5.78. The third-order valence-corrected chi connectivity index (χ3v) is 5.78. The molecular weight excluding hydrogens is 380 g/mol. The molecule has 1 saturated heterocycles. The molecule has 1 aromatic carbocycles. The number of ether oxygens (including phenoxy) is 1. The van der Waals surface area contributed by atoms with E-state index in [2.05, 4.69) is 29.7 Å². The Hall–Kier alpha value is -2.83. The minimum atomic E-state index is -0.776. The number of hydrogen-bond donors (Lipinski definition) is 1. The molecule has 1 aliphatic heterocycles. The fourth-order valence-corrected chi connectivity index (χ4v) is 4.27. The molecule has 0 unspecified atom stereocenters. The number of aryl methyl sites for hydroxylation is 2. The molecule has 158 valence electrons. The van der Waals surface area contributed by atoms with Crippen LogP contribution in [-0.2, 0) is 4.74 Å². The van der Waals surface area contributed by atoms with Crippen LogP contribution in [0.3, 0.4) is 0 Å². The summed E-state index contributed by atoms with van der Waals surface area (Å²) in [6.07, 6.45) is 1.14. The van der Waals surface area contributed by atoms with E-state index < -0.39 is 6.10 Å². The number of rotatable bonds is 5. The second-order valence-electron chi connectivity index (χ2n) is 7.95. The number of carbonyl (C=O) groups excluding carboxylic acids is 1. The van der Waals surface area contributed by atoms with E-state index in [-0.39, 0.29) is 11.9 Å². The number of morpholine rings is 1. The van der Waals surface area contributed by atoms with Gasteiger partial charge in [0, 0.05) is 30.0 Å². The smallest absolute Gasteiger partial charge is 0.256 e. The van der Waals surface area contributed by atoms with Gasteiger partial charge in [-0.25, -0.2) is 0 Å². The lowest BCUT2D eigenvalue weighted by Crippen LogP contribution is -2.49. The molecule has 6 nitrogen and oxygen atoms in total. The van der Waals surface area contributed by atoms with Crippen LogP contribution in [-0.4, -0.2) is 46.3 Å². The first-order chi connectivity index (χ1) is 14.5. The lowest BCUT2D eigenvalue weighted by molar-refractivity contribution is -0.0196. The van der Waals surface area contributed by atoms with Gasteiger partial charge in [0.1, 0.15) is 11.9 Å². The van der Waals surface area contributed by atoms with Crippen LogP contribution >= 0.6 is 0 Å². The van der Waals surface area contributed by atoms with Crippen molar-refractivity contribution in [3.8, 4) is 5.69 Å². The molecular formula is C24H28N2O4. The van der Waals surface area contributed by atoms with Gasteiger partial charge in [-0.2, -0.15) is 0 Å². The van der Waals surface area contributed by atoms with Crippen molar-refractivity contribution < 1.29 is 19.1 Å². The summed E-state index contributed by atoms with van der Waals surface area (Å²) >= 11 is 0. The van der Waals surface area contributed by atoms with Crippen LogP contribution in [0.2, 0.25) is 0 Å². The number of nitrogens with zero attached hydrogens (tertiary/aromatic N) is 2. The third kappa shape index (κ3) is 3.93. The average Bonchev–Trinajstić information content (AvgIpc) is 3.36. The SMILES string of the molecule is Cc1cccc(-n2c(C)cc(C(=O)N3CCOC[C@@H]3C[C@H](O)c3ccco3)c2C)c1. The summed E-state index contributed by atoms with van der Waals surface area (Å²) in [6, 6.07) is 13.5. The number of amides is 1. The Morgan fingerprint density at radius 2 is 2.03 bits per heavy atom. The molecule has 1 amide bonds. The van der Waals surface area contributed by atoms with Gasteiger partial charge in [0.15, 0.2) is 0 Å². The van der Waals surface area contributed by atoms with Gasteiger partial charge in [0.25, 0.3) is 5.91 Å². The van der Waals surface area contributed by atoms with E-state index >= 15 is 0 Å². The molecule has 0 spiro atoms. The van der Waals surface area contributed by atoms with E-state index in [4.69, 9.17) is 9.15 Å². The summed E-state index contributed by atoms with van der Waals surface area (Å²) in [4.78, 5) is 15.3. The monoisotopic (exact) mass is 408 g/mol. The first-order valence-corrected chi connectivity index (χ1v) is 10.3. The van der Waals surface area contributed by atoms with Crippen LogP contribution in [0.15, 0.2) is 53.1 Å². The Balaban J connectivity index is 1.60. The van der Waals surface area contributed by atoms with Crippen molar-refractivity contribution in [3.63, 3.8) is 0 Å². The zero-order valence-corrected chi connectivity index (χ0v) is 17.7. The minimum absolute atomic E-state index is 0.0260. The molecule has 6 heteroatoms. The maximum absolute atomic E-state index is 13.5. The van der Waals surface area contributed by atoms with Gasteiger partial charge in [0.05, 0.1) is 31.1 Å². The van der Waals surface area contributed by atoms with Crippen LogP contribution in [0, 0.1) is 20.8 Å². The normalized spacial score (nSPS) is 17.9. The Morgan fingerprint density at radius 3 is 2.77 bits per heavy atom. The highest BCUT2D eigenvalue weighted by atomic mass is 16.5. The maximum Gasteiger partial charge on any atom is 0.256 e. The van der Waals surface area contributed by atoms with Gasteiger partial charge < -0.3 is 23.7 Å². The zero-order chi connectivity index (χ0) is 21.3. The van der Waals surface area contributed by atoms with Gasteiger partial charge in [-0.1, -0.05) is 12.1 Å². The first kappa shape index (κ1) is 20.4. The highest BCUT2D eigenvalue weighted by molar-refractivity contribution is 5.96. The number of carbonyl (C=O) groups is 1. The fraction of sp³-hybridized carbons (Fsp3) is 0.375. The largest absolute Gasteiger partial charge is 0.467 e. The standard InChI is InChI=1S/C24H28N2O4/c1-16-6-4-7-19(12-16)26-17(2)13-21(18(26)3)24(28)25-9-11-29-15-20(25)14-22(27)23-8-5-10-30-23/h4-8,10,12-13,20,22,27H,9,11,14-15H2,1-3H3/t20-,22-/m0/s1. The molecule has 0 aliphatic carbocycles. The van der Waals surface area contributed by atoms with E-state index in [0.29, 0.717) is 37.5 Å². The van der Waals surface area contributed by atoms with Gasteiger partial charge in [-0.05, 0) is 56.7 Å². The lowest BCUT2D eigenvalue weighted by atomic mass is 10.0.